The summed E-state index contributed by atoms with van der Waals surface area (Å²) in [6.07, 6.45) is 1.03. The number of rotatable bonds is 2. The summed E-state index contributed by atoms with van der Waals surface area (Å²) in [6.45, 7) is 2.11. The second kappa shape index (κ2) is 3.61. The summed E-state index contributed by atoms with van der Waals surface area (Å²) < 4.78 is 0. The highest BCUT2D eigenvalue weighted by atomic mass is 79.9. The van der Waals surface area contributed by atoms with Crippen LogP contribution in [0, 0.1) is 0 Å². The zero-order valence-electron chi connectivity index (χ0n) is 7.80. The largest absolute Gasteiger partial charge is 0.323 e. The molecule has 0 bridgehead atoms. The molecule has 2 N–H and O–H groups in total. The molecule has 0 aliphatic rings. The maximum absolute atomic E-state index is 11.0. The van der Waals surface area contributed by atoms with E-state index in [-0.39, 0.29) is 5.69 Å². The van der Waals surface area contributed by atoms with E-state index in [4.69, 9.17) is 0 Å². The van der Waals surface area contributed by atoms with Gasteiger partial charge in [-0.25, -0.2) is 4.79 Å². The van der Waals surface area contributed by atoms with Crippen molar-refractivity contribution in [1.29, 1.82) is 0 Å². The zero-order valence-corrected chi connectivity index (χ0v) is 9.39. The molecule has 14 heavy (non-hydrogen) atoms. The lowest BCUT2D eigenvalue weighted by molar-refractivity contribution is 0.912. The molecule has 2 aromatic rings. The molecule has 4 heteroatoms. The fourth-order valence-corrected chi connectivity index (χ4v) is 1.77. The van der Waals surface area contributed by atoms with E-state index in [0.717, 1.165) is 17.5 Å². The number of imidazole rings is 1. The van der Waals surface area contributed by atoms with Crippen LogP contribution < -0.4 is 5.69 Å². The van der Waals surface area contributed by atoms with E-state index in [2.05, 4.69) is 32.8 Å². The SMILES string of the molecule is CCC(Br)c1ccc2[nH]c(=O)[nH]c2c1. The highest BCUT2D eigenvalue weighted by molar-refractivity contribution is 9.09. The third-order valence-corrected chi connectivity index (χ3v) is 3.44. The van der Waals surface area contributed by atoms with Crippen molar-refractivity contribution < 1.29 is 0 Å². The van der Waals surface area contributed by atoms with E-state index in [9.17, 15) is 4.79 Å². The minimum Gasteiger partial charge on any atom is -0.306 e. The number of halogens is 1. The Balaban J connectivity index is 2.55. The first kappa shape index (κ1) is 9.52. The van der Waals surface area contributed by atoms with Gasteiger partial charge in [0.05, 0.1) is 11.0 Å². The lowest BCUT2D eigenvalue weighted by atomic mass is 10.1. The first-order valence-corrected chi connectivity index (χ1v) is 5.48. The van der Waals surface area contributed by atoms with Crippen LogP contribution in [0.5, 0.6) is 0 Å². The molecule has 0 saturated heterocycles. The molecule has 0 radical (unpaired) electrons. The van der Waals surface area contributed by atoms with Gasteiger partial charge in [0, 0.05) is 4.83 Å². The van der Waals surface area contributed by atoms with Crippen LogP contribution in [0.3, 0.4) is 0 Å². The molecular formula is C10H11BrN2O. The quantitative estimate of drug-likeness (QED) is 0.796. The Morgan fingerprint density at radius 3 is 2.79 bits per heavy atom. The second-order valence-corrected chi connectivity index (χ2v) is 4.37. The molecule has 0 saturated carbocycles. The first-order valence-electron chi connectivity index (χ1n) is 4.56. The monoisotopic (exact) mass is 254 g/mol. The smallest absolute Gasteiger partial charge is 0.306 e. The van der Waals surface area contributed by atoms with Crippen molar-refractivity contribution >= 4 is 27.0 Å². The van der Waals surface area contributed by atoms with E-state index in [1.165, 1.54) is 5.56 Å². The number of aromatic amines is 2. The van der Waals surface area contributed by atoms with Crippen LogP contribution in [-0.4, -0.2) is 9.97 Å². The third-order valence-electron chi connectivity index (χ3n) is 2.26. The molecule has 0 amide bonds. The standard InChI is InChI=1S/C10H11BrN2O/c1-2-7(11)6-3-4-8-9(5-6)13-10(14)12-8/h3-5,7H,2H2,1H3,(H2,12,13,14). The summed E-state index contributed by atoms with van der Waals surface area (Å²) >= 11 is 3.58. The van der Waals surface area contributed by atoms with Crippen molar-refractivity contribution in [2.24, 2.45) is 0 Å². The van der Waals surface area contributed by atoms with Gasteiger partial charge in [0.25, 0.3) is 0 Å². The number of benzene rings is 1. The average molecular weight is 255 g/mol. The van der Waals surface area contributed by atoms with Gasteiger partial charge in [-0.3, -0.25) is 0 Å². The molecule has 1 unspecified atom stereocenters. The van der Waals surface area contributed by atoms with Gasteiger partial charge in [0.2, 0.25) is 0 Å². The lowest BCUT2D eigenvalue weighted by Gasteiger charge is -2.06. The summed E-state index contributed by atoms with van der Waals surface area (Å²) in [5.41, 5.74) is 2.76. The fraction of sp³-hybridized carbons (Fsp3) is 0.300. The molecular weight excluding hydrogens is 244 g/mol. The van der Waals surface area contributed by atoms with Crippen molar-refractivity contribution in [2.75, 3.05) is 0 Å². The normalized spacial score (nSPS) is 13.3. The minimum absolute atomic E-state index is 0.153. The van der Waals surface area contributed by atoms with Crippen LogP contribution in [-0.2, 0) is 0 Å². The van der Waals surface area contributed by atoms with Crippen LogP contribution in [0.2, 0.25) is 0 Å². The van der Waals surface area contributed by atoms with E-state index in [0.29, 0.717) is 4.83 Å². The topological polar surface area (TPSA) is 48.6 Å². The number of H-pyrrole nitrogens is 2. The molecule has 0 aliphatic carbocycles. The Labute approximate surface area is 89.7 Å². The number of hydrogen-bond acceptors (Lipinski definition) is 1. The zero-order chi connectivity index (χ0) is 10.1. The summed E-state index contributed by atoms with van der Waals surface area (Å²) in [5.74, 6) is 0. The predicted octanol–water partition coefficient (Wildman–Crippen LogP) is 2.70. The Bertz CT molecular complexity index is 500. The molecule has 2 rings (SSSR count). The molecule has 74 valence electrons. The number of fused-ring (bicyclic) bond motifs is 1. The van der Waals surface area contributed by atoms with Crippen molar-refractivity contribution in [3.8, 4) is 0 Å². The molecule has 1 aromatic heterocycles. The highest BCUT2D eigenvalue weighted by Gasteiger charge is 2.06. The highest BCUT2D eigenvalue weighted by Crippen LogP contribution is 2.27. The maximum Gasteiger partial charge on any atom is 0.323 e. The molecule has 1 aromatic carbocycles. The summed E-state index contributed by atoms with van der Waals surface area (Å²) in [6, 6.07) is 5.94. The fourth-order valence-electron chi connectivity index (χ4n) is 1.48. The molecule has 0 spiro atoms. The summed E-state index contributed by atoms with van der Waals surface area (Å²) in [7, 11) is 0. The molecule has 0 fully saturated rings. The van der Waals surface area contributed by atoms with Crippen molar-refractivity contribution in [1.82, 2.24) is 9.97 Å². The Morgan fingerprint density at radius 2 is 2.07 bits per heavy atom. The lowest BCUT2D eigenvalue weighted by Crippen LogP contribution is -1.99. The van der Waals surface area contributed by atoms with Crippen molar-refractivity contribution in [3.05, 3.63) is 34.2 Å². The number of nitrogens with one attached hydrogen (secondary N) is 2. The van der Waals surface area contributed by atoms with Gasteiger partial charge in [0.1, 0.15) is 0 Å². The molecule has 0 aliphatic heterocycles. The van der Waals surface area contributed by atoms with Gasteiger partial charge in [-0.05, 0) is 24.1 Å². The van der Waals surface area contributed by atoms with Crippen LogP contribution in [0.25, 0.3) is 11.0 Å². The summed E-state index contributed by atoms with van der Waals surface area (Å²) in [4.78, 5) is 16.8. The van der Waals surface area contributed by atoms with E-state index in [1.807, 2.05) is 18.2 Å². The van der Waals surface area contributed by atoms with Crippen LogP contribution in [0.4, 0.5) is 0 Å². The minimum atomic E-state index is -0.153. The molecule has 1 heterocycles. The van der Waals surface area contributed by atoms with Crippen LogP contribution in [0.1, 0.15) is 23.7 Å². The van der Waals surface area contributed by atoms with Gasteiger partial charge in [-0.2, -0.15) is 0 Å². The number of aromatic nitrogens is 2. The van der Waals surface area contributed by atoms with Crippen molar-refractivity contribution in [2.45, 2.75) is 18.2 Å². The molecule has 3 nitrogen and oxygen atoms in total. The van der Waals surface area contributed by atoms with Gasteiger partial charge in [-0.1, -0.05) is 28.9 Å². The van der Waals surface area contributed by atoms with E-state index < -0.39 is 0 Å². The van der Waals surface area contributed by atoms with Gasteiger partial charge < -0.3 is 9.97 Å². The Morgan fingerprint density at radius 1 is 1.36 bits per heavy atom. The van der Waals surface area contributed by atoms with Gasteiger partial charge >= 0.3 is 5.69 Å². The Hall–Kier alpha value is -1.03. The van der Waals surface area contributed by atoms with E-state index >= 15 is 0 Å². The molecule has 1 atom stereocenters. The van der Waals surface area contributed by atoms with Crippen LogP contribution >= 0.6 is 15.9 Å². The van der Waals surface area contributed by atoms with Gasteiger partial charge in [0.15, 0.2) is 0 Å². The predicted molar refractivity (Wildman–Crippen MR) is 60.9 cm³/mol. The third kappa shape index (κ3) is 1.62. The van der Waals surface area contributed by atoms with Gasteiger partial charge in [-0.15, -0.1) is 0 Å². The number of hydrogen-bond donors (Lipinski definition) is 2. The van der Waals surface area contributed by atoms with Crippen LogP contribution in [0.15, 0.2) is 23.0 Å². The Kier molecular flexibility index (Phi) is 2.46. The average Bonchev–Trinajstić information content (AvgIpc) is 2.55. The summed E-state index contributed by atoms with van der Waals surface area (Å²) in [5, 5.41) is 0. The van der Waals surface area contributed by atoms with E-state index in [1.54, 1.807) is 0 Å². The maximum atomic E-state index is 11.0. The number of alkyl halides is 1. The first-order chi connectivity index (χ1) is 6.70. The second-order valence-electron chi connectivity index (χ2n) is 3.26. The van der Waals surface area contributed by atoms with Crippen molar-refractivity contribution in [3.63, 3.8) is 0 Å².